The molecule has 3 aliphatic carbocycles. The van der Waals surface area contributed by atoms with Crippen LogP contribution in [0.25, 0.3) is 0 Å². The molecule has 18 heavy (non-hydrogen) atoms. The van der Waals surface area contributed by atoms with Crippen molar-refractivity contribution in [3.63, 3.8) is 0 Å². The van der Waals surface area contributed by atoms with Gasteiger partial charge in [0.2, 0.25) is 5.91 Å². The maximum absolute atomic E-state index is 12.1. The number of amides is 1. The maximum Gasteiger partial charge on any atom is 0.223 e. The van der Waals surface area contributed by atoms with Crippen molar-refractivity contribution < 1.29 is 4.79 Å². The number of hydrogen-bond donors (Lipinski definition) is 2. The second-order valence-electron chi connectivity index (χ2n) is 6.66. The van der Waals surface area contributed by atoms with Crippen molar-refractivity contribution in [3.8, 4) is 0 Å². The minimum absolute atomic E-state index is 0.349. The van der Waals surface area contributed by atoms with Gasteiger partial charge in [0.1, 0.15) is 0 Å². The molecule has 3 aliphatic rings. The minimum Gasteiger partial charge on any atom is -0.356 e. The van der Waals surface area contributed by atoms with Gasteiger partial charge in [-0.2, -0.15) is 0 Å². The van der Waals surface area contributed by atoms with Gasteiger partial charge in [0.05, 0.1) is 0 Å². The molecule has 0 aromatic carbocycles. The molecule has 3 N–H and O–H groups in total. The summed E-state index contributed by atoms with van der Waals surface area (Å²) in [7, 11) is 0. The van der Waals surface area contributed by atoms with Crippen molar-refractivity contribution in [3.05, 3.63) is 0 Å². The molecule has 0 aliphatic heterocycles. The maximum atomic E-state index is 12.1. The Morgan fingerprint density at radius 3 is 2.22 bits per heavy atom. The fourth-order valence-corrected chi connectivity index (χ4v) is 4.14. The van der Waals surface area contributed by atoms with Crippen molar-refractivity contribution in [1.29, 1.82) is 0 Å². The summed E-state index contributed by atoms with van der Waals surface area (Å²) >= 11 is 0. The largest absolute Gasteiger partial charge is 0.356 e. The molecule has 3 saturated carbocycles. The summed E-state index contributed by atoms with van der Waals surface area (Å²) in [5, 5.41) is 3.21. The van der Waals surface area contributed by atoms with Gasteiger partial charge in [0, 0.05) is 18.5 Å². The van der Waals surface area contributed by atoms with Gasteiger partial charge in [-0.05, 0) is 56.3 Å². The number of fused-ring (bicyclic) bond motifs is 1. The van der Waals surface area contributed by atoms with Gasteiger partial charge in [0.15, 0.2) is 0 Å². The summed E-state index contributed by atoms with van der Waals surface area (Å²) in [5.41, 5.74) is 5.90. The van der Waals surface area contributed by atoms with E-state index in [0.717, 1.165) is 31.2 Å². The van der Waals surface area contributed by atoms with Gasteiger partial charge in [-0.15, -0.1) is 0 Å². The Labute approximate surface area is 110 Å². The molecule has 2 unspecified atom stereocenters. The lowest BCUT2D eigenvalue weighted by atomic mass is 9.86. The van der Waals surface area contributed by atoms with E-state index in [9.17, 15) is 4.79 Å². The van der Waals surface area contributed by atoms with Crippen LogP contribution in [0.2, 0.25) is 0 Å². The van der Waals surface area contributed by atoms with Crippen LogP contribution in [0, 0.1) is 23.7 Å². The van der Waals surface area contributed by atoms with Crippen LogP contribution in [-0.4, -0.2) is 18.5 Å². The molecule has 0 aromatic heterocycles. The standard InChI is InChI=1S/C15H26N2O/c16-11-7-5-10(6-8-11)9-17-15(18)14-12-3-1-2-4-13(12)14/h10-14H,1-9,16H2,(H,17,18). The Hall–Kier alpha value is -0.570. The Bertz CT molecular complexity index is 298. The zero-order chi connectivity index (χ0) is 12.5. The SMILES string of the molecule is NC1CCC(CNC(=O)C2C3CCCCC32)CC1. The van der Waals surface area contributed by atoms with Crippen molar-refractivity contribution in [2.75, 3.05) is 6.54 Å². The number of carbonyl (C=O) groups excluding carboxylic acids is 1. The highest BCUT2D eigenvalue weighted by Crippen LogP contribution is 2.55. The molecule has 0 aromatic rings. The fraction of sp³-hybridized carbons (Fsp3) is 0.933. The molecule has 0 saturated heterocycles. The number of hydrogen-bond acceptors (Lipinski definition) is 2. The highest BCUT2D eigenvalue weighted by molar-refractivity contribution is 5.82. The summed E-state index contributed by atoms with van der Waals surface area (Å²) in [5.74, 6) is 2.87. The predicted molar refractivity (Wildman–Crippen MR) is 71.9 cm³/mol. The molecule has 3 fully saturated rings. The van der Waals surface area contributed by atoms with Crippen LogP contribution in [-0.2, 0) is 4.79 Å². The van der Waals surface area contributed by atoms with Gasteiger partial charge in [-0.1, -0.05) is 12.8 Å². The average Bonchev–Trinajstić information content (AvgIpc) is 3.12. The molecule has 0 spiro atoms. The molecule has 0 radical (unpaired) electrons. The molecule has 1 amide bonds. The molecule has 3 heteroatoms. The van der Waals surface area contributed by atoms with Crippen molar-refractivity contribution in [2.45, 2.75) is 57.4 Å². The summed E-state index contributed by atoms with van der Waals surface area (Å²) < 4.78 is 0. The number of rotatable bonds is 3. The van der Waals surface area contributed by atoms with E-state index < -0.39 is 0 Å². The third-order valence-electron chi connectivity index (χ3n) is 5.42. The van der Waals surface area contributed by atoms with E-state index in [1.165, 1.54) is 38.5 Å². The lowest BCUT2D eigenvalue weighted by Gasteiger charge is -2.26. The zero-order valence-corrected chi connectivity index (χ0v) is 11.2. The van der Waals surface area contributed by atoms with E-state index >= 15 is 0 Å². The topological polar surface area (TPSA) is 55.1 Å². The van der Waals surface area contributed by atoms with Gasteiger partial charge >= 0.3 is 0 Å². The van der Waals surface area contributed by atoms with Crippen LogP contribution < -0.4 is 11.1 Å². The Balaban J connectivity index is 1.40. The van der Waals surface area contributed by atoms with Gasteiger partial charge in [-0.25, -0.2) is 0 Å². The first-order chi connectivity index (χ1) is 8.75. The number of carbonyl (C=O) groups is 1. The lowest BCUT2D eigenvalue weighted by molar-refractivity contribution is -0.123. The van der Waals surface area contributed by atoms with Gasteiger partial charge < -0.3 is 11.1 Å². The van der Waals surface area contributed by atoms with Gasteiger partial charge in [0.25, 0.3) is 0 Å². The van der Waals surface area contributed by atoms with E-state index in [4.69, 9.17) is 5.73 Å². The predicted octanol–water partition coefficient (Wildman–Crippen LogP) is 2.06. The smallest absolute Gasteiger partial charge is 0.223 e. The molecule has 0 heterocycles. The molecule has 3 rings (SSSR count). The van der Waals surface area contributed by atoms with E-state index in [2.05, 4.69) is 5.32 Å². The molecule has 0 bridgehead atoms. The van der Waals surface area contributed by atoms with Crippen LogP contribution >= 0.6 is 0 Å². The van der Waals surface area contributed by atoms with Gasteiger partial charge in [-0.3, -0.25) is 4.79 Å². The van der Waals surface area contributed by atoms with Crippen LogP contribution in [0.3, 0.4) is 0 Å². The van der Waals surface area contributed by atoms with E-state index in [0.29, 0.717) is 23.8 Å². The summed E-state index contributed by atoms with van der Waals surface area (Å²) in [6.07, 6.45) is 9.92. The summed E-state index contributed by atoms with van der Waals surface area (Å²) in [6.45, 7) is 0.890. The fourth-order valence-electron chi connectivity index (χ4n) is 4.14. The van der Waals surface area contributed by atoms with E-state index in [1.54, 1.807) is 0 Å². The van der Waals surface area contributed by atoms with Crippen LogP contribution in [0.4, 0.5) is 0 Å². The first-order valence-corrected chi connectivity index (χ1v) is 7.79. The van der Waals surface area contributed by atoms with E-state index in [1.807, 2.05) is 0 Å². The molecule has 102 valence electrons. The van der Waals surface area contributed by atoms with E-state index in [-0.39, 0.29) is 0 Å². The molecule has 3 nitrogen and oxygen atoms in total. The lowest BCUT2D eigenvalue weighted by Crippen LogP contribution is -2.35. The third kappa shape index (κ3) is 2.56. The third-order valence-corrected chi connectivity index (χ3v) is 5.42. The van der Waals surface area contributed by atoms with Crippen molar-refractivity contribution >= 4 is 5.91 Å². The first-order valence-electron chi connectivity index (χ1n) is 7.79. The summed E-state index contributed by atoms with van der Waals surface area (Å²) in [6, 6.07) is 0.406. The molecular weight excluding hydrogens is 224 g/mol. The van der Waals surface area contributed by atoms with Crippen LogP contribution in [0.15, 0.2) is 0 Å². The highest BCUT2D eigenvalue weighted by atomic mass is 16.2. The highest BCUT2D eigenvalue weighted by Gasteiger charge is 2.54. The second-order valence-corrected chi connectivity index (χ2v) is 6.66. The molecule has 2 atom stereocenters. The Kier molecular flexibility index (Phi) is 3.60. The van der Waals surface area contributed by atoms with Crippen molar-refractivity contribution in [1.82, 2.24) is 5.32 Å². The normalized spacial score (nSPS) is 43.1. The first kappa shape index (κ1) is 12.5. The number of nitrogens with two attached hydrogens (primary N) is 1. The number of nitrogens with one attached hydrogen (secondary N) is 1. The quantitative estimate of drug-likeness (QED) is 0.805. The molecular formula is C15H26N2O. The Morgan fingerprint density at radius 2 is 1.61 bits per heavy atom. The average molecular weight is 250 g/mol. The minimum atomic E-state index is 0.349. The van der Waals surface area contributed by atoms with Crippen LogP contribution in [0.5, 0.6) is 0 Å². The summed E-state index contributed by atoms with van der Waals surface area (Å²) in [4.78, 5) is 12.1. The monoisotopic (exact) mass is 250 g/mol. The van der Waals surface area contributed by atoms with Crippen molar-refractivity contribution in [2.24, 2.45) is 29.4 Å². The zero-order valence-electron chi connectivity index (χ0n) is 11.2. The van der Waals surface area contributed by atoms with Crippen LogP contribution in [0.1, 0.15) is 51.4 Å². The second kappa shape index (κ2) is 5.20. The Morgan fingerprint density at radius 1 is 1.00 bits per heavy atom.